The van der Waals surface area contributed by atoms with Crippen LogP contribution in [0.2, 0.25) is 0 Å². The maximum Gasteiger partial charge on any atom is 0.344 e. The maximum absolute atomic E-state index is 13.0. The fourth-order valence-corrected chi connectivity index (χ4v) is 3.78. The van der Waals surface area contributed by atoms with Crippen LogP contribution >= 0.6 is 0 Å². The zero-order chi connectivity index (χ0) is 21.4. The standard InChI is InChI=1S/C25H16N2O4/c26-14-19-21(15-7-6-10-17(13-15)29-16-8-2-1-3-9-16)22-23(31-24(19)27)18-11-4-5-12-20(18)30-25(22)28/h1-13,21H,27H2/t21-/m0/s1. The lowest BCUT2D eigenvalue weighted by Crippen LogP contribution is -2.26. The molecule has 2 N–H and O–H groups in total. The lowest BCUT2D eigenvalue weighted by atomic mass is 9.84. The maximum atomic E-state index is 13.0. The Kier molecular flexibility index (Phi) is 4.42. The molecule has 6 heteroatoms. The topological polar surface area (TPSA) is 98.5 Å². The first-order valence-corrected chi connectivity index (χ1v) is 9.62. The minimum atomic E-state index is -0.742. The van der Waals surface area contributed by atoms with Gasteiger partial charge in [0, 0.05) is 0 Å². The highest BCUT2D eigenvalue weighted by Crippen LogP contribution is 2.44. The number of allylic oxidation sites excluding steroid dienone is 1. The van der Waals surface area contributed by atoms with Gasteiger partial charge >= 0.3 is 5.63 Å². The molecular weight excluding hydrogens is 392 g/mol. The molecule has 1 aliphatic heterocycles. The molecular formula is C25H16N2O4. The first-order chi connectivity index (χ1) is 15.2. The molecule has 0 radical (unpaired) electrons. The lowest BCUT2D eigenvalue weighted by Gasteiger charge is -2.26. The average Bonchev–Trinajstić information content (AvgIpc) is 2.79. The highest BCUT2D eigenvalue weighted by atomic mass is 16.5. The van der Waals surface area contributed by atoms with E-state index in [1.54, 1.807) is 36.4 Å². The van der Waals surface area contributed by atoms with Gasteiger partial charge in [0.15, 0.2) is 5.75 Å². The van der Waals surface area contributed by atoms with E-state index in [1.807, 2.05) is 42.5 Å². The first-order valence-electron chi connectivity index (χ1n) is 9.62. The smallest absolute Gasteiger partial charge is 0.344 e. The number of hydrogen-bond donors (Lipinski definition) is 1. The van der Waals surface area contributed by atoms with Gasteiger partial charge in [-0.25, -0.2) is 4.79 Å². The Bertz CT molecular complexity index is 1430. The third kappa shape index (κ3) is 3.18. The average molecular weight is 408 g/mol. The van der Waals surface area contributed by atoms with E-state index in [0.717, 1.165) is 0 Å². The van der Waals surface area contributed by atoms with E-state index in [4.69, 9.17) is 19.6 Å². The van der Waals surface area contributed by atoms with E-state index in [-0.39, 0.29) is 17.0 Å². The highest BCUT2D eigenvalue weighted by Gasteiger charge is 2.35. The molecule has 0 saturated carbocycles. The minimum absolute atomic E-state index is 0.0369. The SMILES string of the molecule is N#CC1=C(N)Oc2c(c(=O)oc3ccccc23)[C@H]1c1cccc(Oc2ccccc2)c1. The van der Waals surface area contributed by atoms with E-state index in [9.17, 15) is 10.1 Å². The van der Waals surface area contributed by atoms with Crippen LogP contribution in [0.5, 0.6) is 17.2 Å². The van der Waals surface area contributed by atoms with Crippen molar-refractivity contribution in [2.45, 2.75) is 5.92 Å². The molecule has 0 amide bonds. The van der Waals surface area contributed by atoms with Gasteiger partial charge in [-0.1, -0.05) is 42.5 Å². The number of para-hydroxylation sites is 2. The summed E-state index contributed by atoms with van der Waals surface area (Å²) in [4.78, 5) is 13.0. The van der Waals surface area contributed by atoms with Crippen molar-refractivity contribution in [3.63, 3.8) is 0 Å². The second-order valence-electron chi connectivity index (χ2n) is 7.04. The summed E-state index contributed by atoms with van der Waals surface area (Å²) in [6, 6.07) is 25.7. The normalized spacial score (nSPS) is 15.1. The Balaban J connectivity index is 1.69. The number of nitriles is 1. The number of rotatable bonds is 3. The lowest BCUT2D eigenvalue weighted by molar-refractivity contribution is 0.388. The highest BCUT2D eigenvalue weighted by molar-refractivity contribution is 5.86. The van der Waals surface area contributed by atoms with Crippen molar-refractivity contribution < 1.29 is 13.9 Å². The van der Waals surface area contributed by atoms with Crippen LogP contribution in [0.3, 0.4) is 0 Å². The Labute approximate surface area is 177 Å². The first kappa shape index (κ1) is 18.5. The van der Waals surface area contributed by atoms with Gasteiger partial charge in [0.05, 0.1) is 16.9 Å². The van der Waals surface area contributed by atoms with Crippen molar-refractivity contribution in [3.8, 4) is 23.3 Å². The summed E-state index contributed by atoms with van der Waals surface area (Å²) in [7, 11) is 0. The molecule has 4 aromatic rings. The summed E-state index contributed by atoms with van der Waals surface area (Å²) in [5.41, 5.74) is 6.97. The Hall–Kier alpha value is -4.50. The Morgan fingerprint density at radius 2 is 1.68 bits per heavy atom. The molecule has 1 aliphatic rings. The van der Waals surface area contributed by atoms with Crippen LogP contribution in [0.1, 0.15) is 17.0 Å². The van der Waals surface area contributed by atoms with Crippen LogP contribution in [-0.4, -0.2) is 0 Å². The third-order valence-electron chi connectivity index (χ3n) is 5.14. The second-order valence-corrected chi connectivity index (χ2v) is 7.04. The molecule has 3 aromatic carbocycles. The summed E-state index contributed by atoms with van der Waals surface area (Å²) in [6.07, 6.45) is 0. The number of benzene rings is 3. The molecule has 1 atom stereocenters. The van der Waals surface area contributed by atoms with Gasteiger partial charge in [0.1, 0.15) is 28.7 Å². The third-order valence-corrected chi connectivity index (χ3v) is 5.14. The predicted octanol–water partition coefficient (Wildman–Crippen LogP) is 4.80. The van der Waals surface area contributed by atoms with Gasteiger partial charge in [-0.05, 0) is 42.0 Å². The summed E-state index contributed by atoms with van der Waals surface area (Å²) < 4.78 is 17.2. The van der Waals surface area contributed by atoms with Crippen molar-refractivity contribution in [1.29, 1.82) is 5.26 Å². The van der Waals surface area contributed by atoms with Crippen molar-refractivity contribution in [3.05, 3.63) is 112 Å². The van der Waals surface area contributed by atoms with Crippen molar-refractivity contribution in [1.82, 2.24) is 0 Å². The summed E-state index contributed by atoms with van der Waals surface area (Å²) in [5, 5.41) is 10.4. The van der Waals surface area contributed by atoms with E-state index >= 15 is 0 Å². The monoisotopic (exact) mass is 408 g/mol. The molecule has 31 heavy (non-hydrogen) atoms. The molecule has 0 aliphatic carbocycles. The van der Waals surface area contributed by atoms with Crippen molar-refractivity contribution >= 4 is 11.0 Å². The number of hydrogen-bond acceptors (Lipinski definition) is 6. The molecule has 0 unspecified atom stereocenters. The van der Waals surface area contributed by atoms with Gasteiger partial charge in [-0.3, -0.25) is 0 Å². The van der Waals surface area contributed by atoms with E-state index in [2.05, 4.69) is 6.07 Å². The number of nitrogens with zero attached hydrogens (tertiary/aromatic N) is 1. The van der Waals surface area contributed by atoms with Crippen molar-refractivity contribution in [2.24, 2.45) is 5.73 Å². The zero-order valence-corrected chi connectivity index (χ0v) is 16.2. The zero-order valence-electron chi connectivity index (χ0n) is 16.2. The fraction of sp³-hybridized carbons (Fsp3) is 0.0400. The van der Waals surface area contributed by atoms with E-state index in [1.165, 1.54) is 0 Å². The van der Waals surface area contributed by atoms with E-state index in [0.29, 0.717) is 33.8 Å². The van der Waals surface area contributed by atoms with Gasteiger partial charge in [-0.2, -0.15) is 5.26 Å². The van der Waals surface area contributed by atoms with Gasteiger partial charge in [0.2, 0.25) is 5.88 Å². The summed E-state index contributed by atoms with van der Waals surface area (Å²) >= 11 is 0. The van der Waals surface area contributed by atoms with Crippen molar-refractivity contribution in [2.75, 3.05) is 0 Å². The van der Waals surface area contributed by atoms with Crippen LogP contribution in [0, 0.1) is 11.3 Å². The second kappa shape index (κ2) is 7.39. The van der Waals surface area contributed by atoms with Gasteiger partial charge < -0.3 is 19.6 Å². The van der Waals surface area contributed by atoms with Crippen LogP contribution < -0.4 is 20.8 Å². The summed E-state index contributed by atoms with van der Waals surface area (Å²) in [6.45, 7) is 0. The molecule has 6 nitrogen and oxygen atoms in total. The molecule has 1 aromatic heterocycles. The van der Waals surface area contributed by atoms with Crippen LogP contribution in [0.4, 0.5) is 0 Å². The number of fused-ring (bicyclic) bond motifs is 3. The number of nitrogens with two attached hydrogens (primary N) is 1. The quantitative estimate of drug-likeness (QED) is 0.489. The van der Waals surface area contributed by atoms with E-state index < -0.39 is 11.5 Å². The molecule has 0 bridgehead atoms. The fourth-order valence-electron chi connectivity index (χ4n) is 3.78. The predicted molar refractivity (Wildman–Crippen MR) is 115 cm³/mol. The number of ether oxygens (including phenoxy) is 2. The minimum Gasteiger partial charge on any atom is -0.457 e. The molecule has 2 heterocycles. The molecule has 0 saturated heterocycles. The van der Waals surface area contributed by atoms with Crippen LogP contribution in [0.25, 0.3) is 11.0 Å². The van der Waals surface area contributed by atoms with Crippen LogP contribution in [0.15, 0.2) is 99.5 Å². The van der Waals surface area contributed by atoms with Gasteiger partial charge in [0.25, 0.3) is 0 Å². The van der Waals surface area contributed by atoms with Gasteiger partial charge in [-0.15, -0.1) is 0 Å². The molecule has 150 valence electrons. The largest absolute Gasteiger partial charge is 0.457 e. The molecule has 0 spiro atoms. The van der Waals surface area contributed by atoms with Crippen LogP contribution in [-0.2, 0) is 0 Å². The Morgan fingerprint density at radius 3 is 2.48 bits per heavy atom. The molecule has 5 rings (SSSR count). The summed E-state index contributed by atoms with van der Waals surface area (Å²) in [5.74, 6) is 0.771. The Morgan fingerprint density at radius 1 is 0.935 bits per heavy atom. The molecule has 0 fully saturated rings.